The molecular weight excluding hydrogens is 339 g/mol. The number of ether oxygens (including phenoxy) is 2. The van der Waals surface area contributed by atoms with Crippen molar-refractivity contribution in [2.45, 2.75) is 13.0 Å². The summed E-state index contributed by atoms with van der Waals surface area (Å²) < 4.78 is 10.5. The van der Waals surface area contributed by atoms with E-state index in [1.165, 1.54) is 0 Å². The molecule has 120 valence electrons. The molecule has 0 unspecified atom stereocenters. The van der Waals surface area contributed by atoms with Gasteiger partial charge in [-0.05, 0) is 36.8 Å². The zero-order chi connectivity index (χ0) is 16.4. The topological polar surface area (TPSA) is 59.6 Å². The molecule has 7 heteroatoms. The lowest BCUT2D eigenvalue weighted by Gasteiger charge is -2.16. The maximum absolute atomic E-state index is 12.1. The first-order chi connectivity index (χ1) is 11.0. The third-order valence-electron chi connectivity index (χ3n) is 3.41. The highest BCUT2D eigenvalue weighted by Gasteiger charge is 2.16. The molecule has 0 radical (unpaired) electrons. The lowest BCUT2D eigenvalue weighted by molar-refractivity contribution is 0.174. The predicted molar refractivity (Wildman–Crippen MR) is 89.6 cm³/mol. The average Bonchev–Trinajstić information content (AvgIpc) is 2.94. The fourth-order valence-electron chi connectivity index (χ4n) is 2.27. The number of nitrogens with one attached hydrogen (secondary N) is 2. The number of hydrogen-bond acceptors (Lipinski definition) is 3. The van der Waals surface area contributed by atoms with Crippen LogP contribution in [0.1, 0.15) is 18.5 Å². The van der Waals surface area contributed by atoms with Gasteiger partial charge in [-0.15, -0.1) is 0 Å². The fraction of sp³-hybridized carbons (Fsp3) is 0.188. The van der Waals surface area contributed by atoms with Crippen molar-refractivity contribution in [2.24, 2.45) is 0 Å². The van der Waals surface area contributed by atoms with Crippen LogP contribution in [0.3, 0.4) is 0 Å². The van der Waals surface area contributed by atoms with E-state index < -0.39 is 0 Å². The second-order valence-electron chi connectivity index (χ2n) is 5.05. The lowest BCUT2D eigenvalue weighted by Crippen LogP contribution is -2.31. The molecule has 23 heavy (non-hydrogen) atoms. The fourth-order valence-corrected chi connectivity index (χ4v) is 2.84. The van der Waals surface area contributed by atoms with Gasteiger partial charge in [0, 0.05) is 21.8 Å². The summed E-state index contributed by atoms with van der Waals surface area (Å²) in [5.41, 5.74) is 1.40. The first kappa shape index (κ1) is 15.8. The number of urea groups is 1. The van der Waals surface area contributed by atoms with Crippen LogP contribution < -0.4 is 20.1 Å². The molecule has 2 N–H and O–H groups in total. The summed E-state index contributed by atoms with van der Waals surface area (Å²) in [6.45, 7) is 2.03. The predicted octanol–water partition coefficient (Wildman–Crippen LogP) is 4.60. The van der Waals surface area contributed by atoms with E-state index in [4.69, 9.17) is 32.7 Å². The second-order valence-corrected chi connectivity index (χ2v) is 5.90. The number of rotatable bonds is 3. The van der Waals surface area contributed by atoms with Crippen LogP contribution in [0.2, 0.25) is 10.0 Å². The van der Waals surface area contributed by atoms with E-state index in [0.717, 1.165) is 5.56 Å². The molecule has 0 saturated heterocycles. The molecule has 0 fully saturated rings. The summed E-state index contributed by atoms with van der Waals surface area (Å²) in [5, 5.41) is 6.63. The van der Waals surface area contributed by atoms with Gasteiger partial charge in [0.15, 0.2) is 11.5 Å². The maximum atomic E-state index is 12.1. The van der Waals surface area contributed by atoms with Crippen LogP contribution in [0.25, 0.3) is 0 Å². The first-order valence-electron chi connectivity index (χ1n) is 6.95. The molecule has 0 bridgehead atoms. The molecular formula is C16H14Cl2N2O3. The van der Waals surface area contributed by atoms with Crippen molar-refractivity contribution >= 4 is 34.9 Å². The summed E-state index contributed by atoms with van der Waals surface area (Å²) in [4.78, 5) is 12.1. The van der Waals surface area contributed by atoms with Crippen LogP contribution in [0.4, 0.5) is 10.5 Å². The van der Waals surface area contributed by atoms with Gasteiger partial charge < -0.3 is 20.1 Å². The highest BCUT2D eigenvalue weighted by atomic mass is 35.5. The molecule has 1 aliphatic heterocycles. The van der Waals surface area contributed by atoms with Crippen LogP contribution >= 0.6 is 23.2 Å². The van der Waals surface area contributed by atoms with Gasteiger partial charge in [0.25, 0.3) is 0 Å². The molecule has 1 aliphatic rings. The summed E-state index contributed by atoms with van der Waals surface area (Å²) in [5.74, 6) is 1.27. The Labute approximate surface area is 143 Å². The van der Waals surface area contributed by atoms with Crippen molar-refractivity contribution in [1.82, 2.24) is 5.32 Å². The van der Waals surface area contributed by atoms with E-state index in [0.29, 0.717) is 27.2 Å². The first-order valence-corrected chi connectivity index (χ1v) is 7.70. The Morgan fingerprint density at radius 3 is 2.70 bits per heavy atom. The van der Waals surface area contributed by atoms with E-state index in [2.05, 4.69) is 10.6 Å². The molecule has 3 rings (SSSR count). The molecule has 2 aromatic carbocycles. The smallest absolute Gasteiger partial charge is 0.319 e. The summed E-state index contributed by atoms with van der Waals surface area (Å²) in [6.07, 6.45) is 0. The Balaban J connectivity index is 1.64. The van der Waals surface area contributed by atoms with Crippen LogP contribution in [0, 0.1) is 0 Å². The van der Waals surface area contributed by atoms with Crippen LogP contribution in [0.5, 0.6) is 11.5 Å². The van der Waals surface area contributed by atoms with Crippen molar-refractivity contribution < 1.29 is 14.3 Å². The van der Waals surface area contributed by atoms with Gasteiger partial charge in [-0.2, -0.15) is 0 Å². The number of benzene rings is 2. The Bertz CT molecular complexity index is 752. The number of halogens is 2. The quantitative estimate of drug-likeness (QED) is 0.848. The maximum Gasteiger partial charge on any atom is 0.319 e. The van der Waals surface area contributed by atoms with Crippen molar-refractivity contribution in [2.75, 3.05) is 12.1 Å². The van der Waals surface area contributed by atoms with E-state index in [1.54, 1.807) is 36.4 Å². The molecule has 2 aromatic rings. The number of fused-ring (bicyclic) bond motifs is 1. The minimum Gasteiger partial charge on any atom is -0.454 e. The molecule has 1 atom stereocenters. The molecule has 0 spiro atoms. The monoisotopic (exact) mass is 352 g/mol. The van der Waals surface area contributed by atoms with Crippen molar-refractivity contribution in [3.8, 4) is 11.5 Å². The molecule has 0 aromatic heterocycles. The minimum absolute atomic E-state index is 0.192. The Morgan fingerprint density at radius 1 is 1.13 bits per heavy atom. The van der Waals surface area contributed by atoms with Gasteiger partial charge in [-0.3, -0.25) is 0 Å². The third-order valence-corrected chi connectivity index (χ3v) is 3.97. The molecule has 0 saturated carbocycles. The standard InChI is InChI=1S/C16H14Cl2N2O3/c1-9(12-4-2-10(17)6-13(12)18)19-16(21)20-11-3-5-14-15(7-11)23-8-22-14/h2-7,9H,8H2,1H3,(H2,19,20,21)/t9-/m0/s1. The van der Waals surface area contributed by atoms with Gasteiger partial charge in [-0.1, -0.05) is 29.3 Å². The Kier molecular flexibility index (Phi) is 4.50. The summed E-state index contributed by atoms with van der Waals surface area (Å²) in [6, 6.07) is 9.75. The van der Waals surface area contributed by atoms with E-state index >= 15 is 0 Å². The highest BCUT2D eigenvalue weighted by Crippen LogP contribution is 2.34. The number of hydrogen-bond donors (Lipinski definition) is 2. The van der Waals surface area contributed by atoms with Crippen LogP contribution in [-0.2, 0) is 0 Å². The van der Waals surface area contributed by atoms with E-state index in [1.807, 2.05) is 6.92 Å². The number of anilines is 1. The molecule has 1 heterocycles. The second kappa shape index (κ2) is 6.56. The molecule has 5 nitrogen and oxygen atoms in total. The number of carbonyl (C=O) groups excluding carboxylic acids is 1. The van der Waals surface area contributed by atoms with Crippen molar-refractivity contribution in [3.05, 3.63) is 52.0 Å². The summed E-state index contributed by atoms with van der Waals surface area (Å²) in [7, 11) is 0. The zero-order valence-electron chi connectivity index (χ0n) is 12.2. The SMILES string of the molecule is C[C@H](NC(=O)Nc1ccc2c(c1)OCO2)c1ccc(Cl)cc1Cl. The van der Waals surface area contributed by atoms with E-state index in [-0.39, 0.29) is 18.9 Å². The van der Waals surface area contributed by atoms with Crippen molar-refractivity contribution in [3.63, 3.8) is 0 Å². The van der Waals surface area contributed by atoms with Crippen LogP contribution in [-0.4, -0.2) is 12.8 Å². The minimum atomic E-state index is -0.345. The highest BCUT2D eigenvalue weighted by molar-refractivity contribution is 6.35. The van der Waals surface area contributed by atoms with Crippen LogP contribution in [0.15, 0.2) is 36.4 Å². The van der Waals surface area contributed by atoms with E-state index in [9.17, 15) is 4.79 Å². The molecule has 0 aliphatic carbocycles. The number of carbonyl (C=O) groups is 1. The normalized spacial score (nSPS) is 13.5. The van der Waals surface area contributed by atoms with Gasteiger partial charge >= 0.3 is 6.03 Å². The van der Waals surface area contributed by atoms with Gasteiger partial charge in [-0.25, -0.2) is 4.79 Å². The largest absolute Gasteiger partial charge is 0.454 e. The summed E-state index contributed by atoms with van der Waals surface area (Å²) >= 11 is 12.0. The number of amides is 2. The average molecular weight is 353 g/mol. The van der Waals surface area contributed by atoms with Gasteiger partial charge in [0.05, 0.1) is 6.04 Å². The van der Waals surface area contributed by atoms with Crippen molar-refractivity contribution in [1.29, 1.82) is 0 Å². The molecule has 2 amide bonds. The Hall–Kier alpha value is -2.11. The third kappa shape index (κ3) is 3.63. The lowest BCUT2D eigenvalue weighted by atomic mass is 10.1. The Morgan fingerprint density at radius 2 is 1.91 bits per heavy atom. The zero-order valence-corrected chi connectivity index (χ0v) is 13.7. The van der Waals surface area contributed by atoms with Gasteiger partial charge in [0.2, 0.25) is 6.79 Å². The van der Waals surface area contributed by atoms with Gasteiger partial charge in [0.1, 0.15) is 0 Å².